The molecule has 0 atom stereocenters. The van der Waals surface area contributed by atoms with Crippen molar-refractivity contribution in [2.45, 2.75) is 6.18 Å². The quantitative estimate of drug-likeness (QED) is 0.626. The molecule has 0 bridgehead atoms. The monoisotopic (exact) mass is 435 g/mol. The van der Waals surface area contributed by atoms with Crippen LogP contribution < -0.4 is 4.90 Å². The molecule has 0 radical (unpaired) electrons. The molecule has 6 nitrogen and oxygen atoms in total. The summed E-state index contributed by atoms with van der Waals surface area (Å²) in [6.45, 7) is 1.54. The minimum Gasteiger partial charge on any atom is -0.353 e. The fourth-order valence-electron chi connectivity index (χ4n) is 3.41. The van der Waals surface area contributed by atoms with Crippen LogP contribution in [-0.4, -0.2) is 51.8 Å². The summed E-state index contributed by atoms with van der Waals surface area (Å²) in [6, 6.07) is 11.3. The second kappa shape index (κ2) is 7.98. The molecule has 156 valence electrons. The molecule has 1 amide bonds. The van der Waals surface area contributed by atoms with Gasteiger partial charge in [0, 0.05) is 37.4 Å². The van der Waals surface area contributed by atoms with E-state index in [1.165, 1.54) is 29.2 Å². The topological polar surface area (TPSA) is 54.3 Å². The summed E-state index contributed by atoms with van der Waals surface area (Å²) >= 11 is 5.82. The zero-order valence-electron chi connectivity index (χ0n) is 15.7. The molecule has 10 heteroatoms. The summed E-state index contributed by atoms with van der Waals surface area (Å²) in [4.78, 5) is 20.6. The fraction of sp³-hybridized carbons (Fsp3) is 0.250. The van der Waals surface area contributed by atoms with E-state index in [0.717, 1.165) is 16.7 Å². The number of piperazine rings is 1. The van der Waals surface area contributed by atoms with Crippen LogP contribution in [0, 0.1) is 0 Å². The van der Waals surface area contributed by atoms with Gasteiger partial charge in [-0.2, -0.15) is 18.3 Å². The molecule has 0 unspecified atom stereocenters. The van der Waals surface area contributed by atoms with Crippen LogP contribution in [0.15, 0.2) is 54.9 Å². The lowest BCUT2D eigenvalue weighted by Crippen LogP contribution is -2.49. The van der Waals surface area contributed by atoms with Crippen LogP contribution in [0.25, 0.3) is 5.69 Å². The van der Waals surface area contributed by atoms with Gasteiger partial charge in [0.15, 0.2) is 5.69 Å². The van der Waals surface area contributed by atoms with Crippen molar-refractivity contribution in [3.8, 4) is 5.69 Å². The number of anilines is 1. The zero-order chi connectivity index (χ0) is 21.3. The molecule has 30 heavy (non-hydrogen) atoms. The Morgan fingerprint density at radius 3 is 2.30 bits per heavy atom. The minimum atomic E-state index is -4.75. The first-order valence-electron chi connectivity index (χ1n) is 9.21. The standard InChI is InChI=1S/C20H17ClF3N5O/c21-14-4-6-15(7-5-14)29-18(20(22,23)24)16(13-26-29)19(30)28-11-9-27(10-12-28)17-3-1-2-8-25-17/h1-8,13H,9-12H2. The summed E-state index contributed by atoms with van der Waals surface area (Å²) in [6.07, 6.45) is -2.10. The maximum Gasteiger partial charge on any atom is 0.434 e. The third-order valence-electron chi connectivity index (χ3n) is 4.88. The lowest BCUT2D eigenvalue weighted by atomic mass is 10.1. The molecule has 3 heterocycles. The number of alkyl halides is 3. The third kappa shape index (κ3) is 3.97. The van der Waals surface area contributed by atoms with Gasteiger partial charge in [0.2, 0.25) is 0 Å². The van der Waals surface area contributed by atoms with Crippen LogP contribution in [0.1, 0.15) is 16.1 Å². The van der Waals surface area contributed by atoms with Crippen molar-refractivity contribution >= 4 is 23.3 Å². The van der Waals surface area contributed by atoms with Gasteiger partial charge in [-0.1, -0.05) is 17.7 Å². The average Bonchev–Trinajstić information content (AvgIpc) is 3.20. The SMILES string of the molecule is O=C(c1cnn(-c2ccc(Cl)cc2)c1C(F)(F)F)N1CCN(c2ccccn2)CC1. The van der Waals surface area contributed by atoms with E-state index in [1.54, 1.807) is 12.3 Å². The van der Waals surface area contributed by atoms with Gasteiger partial charge in [-0.05, 0) is 36.4 Å². The lowest BCUT2D eigenvalue weighted by Gasteiger charge is -2.35. The molecule has 0 N–H and O–H groups in total. The van der Waals surface area contributed by atoms with Gasteiger partial charge < -0.3 is 9.80 Å². The number of halogens is 4. The number of carbonyl (C=O) groups excluding carboxylic acids is 1. The highest BCUT2D eigenvalue weighted by Crippen LogP contribution is 2.34. The lowest BCUT2D eigenvalue weighted by molar-refractivity contribution is -0.143. The predicted octanol–water partition coefficient (Wildman–Crippen LogP) is 3.90. The molecule has 0 spiro atoms. The van der Waals surface area contributed by atoms with Crippen LogP contribution in [0.5, 0.6) is 0 Å². The number of carbonyl (C=O) groups is 1. The van der Waals surface area contributed by atoms with Crippen molar-refractivity contribution in [2.75, 3.05) is 31.1 Å². The summed E-state index contributed by atoms with van der Waals surface area (Å²) in [7, 11) is 0. The van der Waals surface area contributed by atoms with Crippen molar-refractivity contribution in [1.82, 2.24) is 19.7 Å². The van der Waals surface area contributed by atoms with Crippen LogP contribution in [0.4, 0.5) is 19.0 Å². The Bertz CT molecular complexity index is 1030. The molecule has 2 aromatic heterocycles. The largest absolute Gasteiger partial charge is 0.434 e. The number of pyridine rings is 1. The summed E-state index contributed by atoms with van der Waals surface area (Å²) in [5.74, 6) is 0.0827. The van der Waals surface area contributed by atoms with E-state index in [0.29, 0.717) is 31.2 Å². The number of benzene rings is 1. The smallest absolute Gasteiger partial charge is 0.353 e. The Balaban J connectivity index is 1.58. The Kier molecular flexibility index (Phi) is 5.38. The van der Waals surface area contributed by atoms with Crippen molar-refractivity contribution in [2.24, 2.45) is 0 Å². The molecule has 1 aromatic carbocycles. The highest BCUT2D eigenvalue weighted by Gasteiger charge is 2.41. The van der Waals surface area contributed by atoms with Gasteiger partial charge in [0.25, 0.3) is 5.91 Å². The Labute approximate surface area is 175 Å². The molecule has 0 saturated carbocycles. The van der Waals surface area contributed by atoms with Gasteiger partial charge in [-0.15, -0.1) is 0 Å². The number of hydrogen-bond donors (Lipinski definition) is 0. The Morgan fingerprint density at radius 1 is 1.00 bits per heavy atom. The normalized spacial score (nSPS) is 14.8. The van der Waals surface area contributed by atoms with Crippen LogP contribution in [-0.2, 0) is 6.18 Å². The first-order valence-corrected chi connectivity index (χ1v) is 9.59. The van der Waals surface area contributed by atoms with E-state index in [4.69, 9.17) is 11.6 Å². The van der Waals surface area contributed by atoms with E-state index in [-0.39, 0.29) is 5.69 Å². The number of amides is 1. The Hall–Kier alpha value is -3.07. The molecule has 0 aliphatic carbocycles. The van der Waals surface area contributed by atoms with Crippen molar-refractivity contribution in [3.63, 3.8) is 0 Å². The summed E-state index contributed by atoms with van der Waals surface area (Å²) in [5, 5.41) is 4.24. The molecule has 1 aliphatic heterocycles. The summed E-state index contributed by atoms with van der Waals surface area (Å²) < 4.78 is 42.3. The second-order valence-electron chi connectivity index (χ2n) is 6.76. The van der Waals surface area contributed by atoms with Gasteiger partial charge in [0.1, 0.15) is 5.82 Å². The van der Waals surface area contributed by atoms with E-state index in [1.807, 2.05) is 17.0 Å². The van der Waals surface area contributed by atoms with Gasteiger partial charge >= 0.3 is 6.18 Å². The molecular formula is C20H17ClF3N5O. The third-order valence-corrected chi connectivity index (χ3v) is 5.13. The highest BCUT2D eigenvalue weighted by atomic mass is 35.5. The zero-order valence-corrected chi connectivity index (χ0v) is 16.4. The average molecular weight is 436 g/mol. The fourth-order valence-corrected chi connectivity index (χ4v) is 3.53. The molecule has 3 aromatic rings. The number of nitrogens with zero attached hydrogens (tertiary/aromatic N) is 5. The minimum absolute atomic E-state index is 0.172. The van der Waals surface area contributed by atoms with Crippen molar-refractivity contribution < 1.29 is 18.0 Å². The van der Waals surface area contributed by atoms with Gasteiger partial charge in [0.05, 0.1) is 17.4 Å². The van der Waals surface area contributed by atoms with E-state index in [2.05, 4.69) is 10.1 Å². The van der Waals surface area contributed by atoms with E-state index < -0.39 is 23.3 Å². The molecule has 4 rings (SSSR count). The maximum atomic E-state index is 13.8. The second-order valence-corrected chi connectivity index (χ2v) is 7.20. The molecule has 1 aliphatic rings. The van der Waals surface area contributed by atoms with Crippen molar-refractivity contribution in [1.29, 1.82) is 0 Å². The maximum absolute atomic E-state index is 13.8. The number of hydrogen-bond acceptors (Lipinski definition) is 4. The van der Waals surface area contributed by atoms with E-state index in [9.17, 15) is 18.0 Å². The first kappa shape index (κ1) is 20.2. The first-order chi connectivity index (χ1) is 14.3. The van der Waals surface area contributed by atoms with Crippen LogP contribution in [0.2, 0.25) is 5.02 Å². The van der Waals surface area contributed by atoms with Gasteiger partial charge in [-0.3, -0.25) is 4.79 Å². The van der Waals surface area contributed by atoms with Crippen LogP contribution >= 0.6 is 11.6 Å². The molecular weight excluding hydrogens is 419 g/mol. The number of aromatic nitrogens is 3. The predicted molar refractivity (Wildman–Crippen MR) is 106 cm³/mol. The van der Waals surface area contributed by atoms with Crippen LogP contribution in [0.3, 0.4) is 0 Å². The number of rotatable bonds is 3. The van der Waals surface area contributed by atoms with Gasteiger partial charge in [-0.25, -0.2) is 9.67 Å². The highest BCUT2D eigenvalue weighted by molar-refractivity contribution is 6.30. The summed E-state index contributed by atoms with van der Waals surface area (Å²) in [5.41, 5.74) is -1.39. The van der Waals surface area contributed by atoms with E-state index >= 15 is 0 Å². The molecule has 1 fully saturated rings. The molecule has 1 saturated heterocycles. The van der Waals surface area contributed by atoms with Crippen molar-refractivity contribution in [3.05, 3.63) is 71.1 Å². The Morgan fingerprint density at radius 2 is 1.70 bits per heavy atom.